The van der Waals surface area contributed by atoms with Crippen LogP contribution in [-0.2, 0) is 4.79 Å². The number of carbonyl (C=O) groups is 1. The lowest BCUT2D eigenvalue weighted by Crippen LogP contribution is -2.33. The number of amides is 1. The predicted octanol–water partition coefficient (Wildman–Crippen LogP) is 2.56. The number of carbonyl (C=O) groups excluding carboxylic acids is 1. The van der Waals surface area contributed by atoms with Gasteiger partial charge in [-0.1, -0.05) is 6.07 Å². The molecule has 1 aromatic heterocycles. The number of rotatable bonds is 6. The van der Waals surface area contributed by atoms with Gasteiger partial charge in [-0.05, 0) is 12.5 Å². The fourth-order valence-electron chi connectivity index (χ4n) is 1.35. The van der Waals surface area contributed by atoms with Gasteiger partial charge in [-0.15, -0.1) is 0 Å². The number of hydrogen-bond donors (Lipinski definition) is 1. The Bertz CT molecular complexity index is 451. The lowest BCUT2D eigenvalue weighted by Gasteiger charge is -2.16. The maximum absolute atomic E-state index is 12.6. The van der Waals surface area contributed by atoms with Crippen LogP contribution < -0.4 is 10.1 Å². The molecule has 4 nitrogen and oxygen atoms in total. The van der Waals surface area contributed by atoms with Gasteiger partial charge in [-0.25, -0.2) is 13.8 Å². The smallest absolute Gasteiger partial charge is 0.340 e. The number of nitrogens with one attached hydrogen (secondary N) is 1. The first-order valence-electron chi connectivity index (χ1n) is 5.74. The Morgan fingerprint density at radius 3 is 2.55 bits per heavy atom. The maximum Gasteiger partial charge on any atom is 0.340 e. The highest BCUT2D eigenvalue weighted by molar-refractivity contribution is 5.73. The lowest BCUT2D eigenvalue weighted by molar-refractivity contribution is -0.148. The second-order valence-corrected chi connectivity index (χ2v) is 4.20. The number of nitrogens with zero attached hydrogens (tertiary/aromatic N) is 1. The van der Waals surface area contributed by atoms with E-state index in [2.05, 4.69) is 15.0 Å². The van der Waals surface area contributed by atoms with Gasteiger partial charge < -0.3 is 10.1 Å². The molecule has 1 unspecified atom stereocenters. The summed E-state index contributed by atoms with van der Waals surface area (Å²) in [6, 6.07) is 2.47. The third kappa shape index (κ3) is 4.67. The van der Waals surface area contributed by atoms with Crippen molar-refractivity contribution in [2.75, 3.05) is 6.61 Å². The molecule has 0 radical (unpaired) electrons. The minimum atomic E-state index is -4.22. The molecule has 0 aromatic carbocycles. The molecule has 0 spiro atoms. The summed E-state index contributed by atoms with van der Waals surface area (Å²) in [5.41, 5.74) is 0.633. The Morgan fingerprint density at radius 2 is 2.10 bits per heavy atom. The van der Waals surface area contributed by atoms with Crippen molar-refractivity contribution >= 4 is 5.91 Å². The molecule has 1 aromatic rings. The summed E-state index contributed by atoms with van der Waals surface area (Å²) in [6.07, 6.45) is -2.47. The van der Waals surface area contributed by atoms with E-state index in [4.69, 9.17) is 0 Å². The van der Waals surface area contributed by atoms with Gasteiger partial charge in [0.25, 0.3) is 0 Å². The molecular formula is C12H14F4N2O2. The van der Waals surface area contributed by atoms with E-state index in [1.807, 2.05) is 0 Å². The van der Waals surface area contributed by atoms with Gasteiger partial charge in [0.1, 0.15) is 0 Å². The molecule has 112 valence electrons. The Labute approximate surface area is 113 Å². The molecule has 0 bridgehead atoms. The molecule has 1 atom stereocenters. The molecule has 1 amide bonds. The SMILES string of the molecule is CC(=O)NC(C)c1ccc(OCC(F)(F)C(F)F)nc1. The summed E-state index contributed by atoms with van der Waals surface area (Å²) in [4.78, 5) is 14.6. The zero-order chi connectivity index (χ0) is 15.3. The minimum Gasteiger partial charge on any atom is -0.471 e. The average molecular weight is 294 g/mol. The Hall–Kier alpha value is -1.86. The van der Waals surface area contributed by atoms with E-state index in [1.54, 1.807) is 6.92 Å². The molecule has 1 heterocycles. The largest absolute Gasteiger partial charge is 0.471 e. The molecule has 0 aliphatic heterocycles. The topological polar surface area (TPSA) is 51.2 Å². The monoisotopic (exact) mass is 294 g/mol. The van der Waals surface area contributed by atoms with Crippen molar-refractivity contribution in [2.24, 2.45) is 0 Å². The van der Waals surface area contributed by atoms with Crippen LogP contribution in [0.5, 0.6) is 5.88 Å². The fraction of sp³-hybridized carbons (Fsp3) is 0.500. The van der Waals surface area contributed by atoms with E-state index >= 15 is 0 Å². The molecule has 1 N–H and O–H groups in total. The first-order chi connectivity index (χ1) is 9.22. The number of halogens is 4. The highest BCUT2D eigenvalue weighted by Gasteiger charge is 2.41. The van der Waals surface area contributed by atoms with Gasteiger partial charge in [0.05, 0.1) is 6.04 Å². The van der Waals surface area contributed by atoms with Crippen LogP contribution in [0.1, 0.15) is 25.5 Å². The average Bonchev–Trinajstić information content (AvgIpc) is 2.36. The van der Waals surface area contributed by atoms with Gasteiger partial charge in [0.2, 0.25) is 11.8 Å². The molecule has 0 saturated carbocycles. The van der Waals surface area contributed by atoms with E-state index in [0.717, 1.165) is 0 Å². The van der Waals surface area contributed by atoms with E-state index in [0.29, 0.717) is 5.56 Å². The highest BCUT2D eigenvalue weighted by atomic mass is 19.3. The van der Waals surface area contributed by atoms with Crippen molar-refractivity contribution in [1.82, 2.24) is 10.3 Å². The molecule has 0 fully saturated rings. The summed E-state index contributed by atoms with van der Waals surface area (Å²) in [5, 5.41) is 2.61. The number of aromatic nitrogens is 1. The molecule has 0 saturated heterocycles. The first kappa shape index (κ1) is 16.2. The number of hydrogen-bond acceptors (Lipinski definition) is 3. The van der Waals surface area contributed by atoms with Gasteiger partial charge in [0, 0.05) is 19.2 Å². The summed E-state index contributed by atoms with van der Waals surface area (Å²) in [7, 11) is 0. The van der Waals surface area contributed by atoms with Crippen LogP contribution in [0, 0.1) is 0 Å². The summed E-state index contributed by atoms with van der Waals surface area (Å²) in [5.74, 6) is -4.64. The molecule has 0 aliphatic rings. The lowest BCUT2D eigenvalue weighted by atomic mass is 10.1. The van der Waals surface area contributed by atoms with Crippen LogP contribution in [0.25, 0.3) is 0 Å². The van der Waals surface area contributed by atoms with E-state index in [1.165, 1.54) is 25.3 Å². The quantitative estimate of drug-likeness (QED) is 0.820. The second kappa shape index (κ2) is 6.53. The number of alkyl halides is 4. The van der Waals surface area contributed by atoms with Crippen LogP contribution >= 0.6 is 0 Å². The van der Waals surface area contributed by atoms with Crippen LogP contribution in [0.15, 0.2) is 18.3 Å². The van der Waals surface area contributed by atoms with Crippen LogP contribution in [0.3, 0.4) is 0 Å². The van der Waals surface area contributed by atoms with E-state index in [-0.39, 0.29) is 17.8 Å². The molecule has 1 rings (SSSR count). The number of ether oxygens (including phenoxy) is 1. The van der Waals surface area contributed by atoms with Crippen molar-refractivity contribution in [3.8, 4) is 5.88 Å². The second-order valence-electron chi connectivity index (χ2n) is 4.20. The third-order valence-corrected chi connectivity index (χ3v) is 2.41. The van der Waals surface area contributed by atoms with Crippen LogP contribution in [-0.4, -0.2) is 29.8 Å². The van der Waals surface area contributed by atoms with Gasteiger partial charge in [-0.3, -0.25) is 4.79 Å². The Morgan fingerprint density at radius 1 is 1.45 bits per heavy atom. The number of pyridine rings is 1. The van der Waals surface area contributed by atoms with Crippen molar-refractivity contribution in [1.29, 1.82) is 0 Å². The minimum absolute atomic E-state index is 0.191. The summed E-state index contributed by atoms with van der Waals surface area (Å²) >= 11 is 0. The maximum atomic E-state index is 12.6. The van der Waals surface area contributed by atoms with Gasteiger partial charge in [0.15, 0.2) is 6.61 Å². The summed E-state index contributed by atoms with van der Waals surface area (Å²) < 4.78 is 53.6. The predicted molar refractivity (Wildman–Crippen MR) is 62.9 cm³/mol. The van der Waals surface area contributed by atoms with Crippen molar-refractivity contribution in [2.45, 2.75) is 32.2 Å². The zero-order valence-electron chi connectivity index (χ0n) is 10.9. The standard InChI is InChI=1S/C12H14F4N2O2/c1-7(18-8(2)19)9-3-4-10(17-5-9)20-6-12(15,16)11(13)14/h3-5,7,11H,6H2,1-2H3,(H,18,19). The molecular weight excluding hydrogens is 280 g/mol. The van der Waals surface area contributed by atoms with Gasteiger partial charge in [-0.2, -0.15) is 8.78 Å². The van der Waals surface area contributed by atoms with Gasteiger partial charge >= 0.3 is 12.3 Å². The van der Waals surface area contributed by atoms with E-state index < -0.39 is 19.0 Å². The highest BCUT2D eigenvalue weighted by Crippen LogP contribution is 2.24. The van der Waals surface area contributed by atoms with E-state index in [9.17, 15) is 22.4 Å². The normalized spacial score (nSPS) is 13.2. The van der Waals surface area contributed by atoms with Crippen molar-refractivity contribution in [3.05, 3.63) is 23.9 Å². The molecule has 0 aliphatic carbocycles. The molecule has 20 heavy (non-hydrogen) atoms. The van der Waals surface area contributed by atoms with Crippen molar-refractivity contribution in [3.63, 3.8) is 0 Å². The van der Waals surface area contributed by atoms with Crippen LogP contribution in [0.2, 0.25) is 0 Å². The summed E-state index contributed by atoms with van der Waals surface area (Å²) in [6.45, 7) is 1.62. The Balaban J connectivity index is 2.61. The fourth-order valence-corrected chi connectivity index (χ4v) is 1.35. The van der Waals surface area contributed by atoms with Crippen LogP contribution in [0.4, 0.5) is 17.6 Å². The van der Waals surface area contributed by atoms with Crippen molar-refractivity contribution < 1.29 is 27.1 Å². The Kier molecular flexibility index (Phi) is 5.29. The third-order valence-electron chi connectivity index (χ3n) is 2.41. The zero-order valence-corrected chi connectivity index (χ0v) is 10.9. The first-order valence-corrected chi connectivity index (χ1v) is 5.74. The molecule has 8 heteroatoms.